The SMILES string of the molecule is CCCN(c1ccc(C(=O)OCC)cc1)c1cc2c(cc1C)C(C)(C)CCN2C(C)C. The van der Waals surface area contributed by atoms with Gasteiger partial charge in [-0.05, 0) is 87.4 Å². The Hall–Kier alpha value is -2.49. The summed E-state index contributed by atoms with van der Waals surface area (Å²) in [4.78, 5) is 17.0. The third-order valence-corrected chi connectivity index (χ3v) is 6.38. The number of aryl methyl sites for hydroxylation is 1. The van der Waals surface area contributed by atoms with Crippen LogP contribution < -0.4 is 9.80 Å². The summed E-state index contributed by atoms with van der Waals surface area (Å²) in [6.07, 6.45) is 2.21. The molecule has 2 aromatic carbocycles. The number of fused-ring (bicyclic) bond motifs is 1. The van der Waals surface area contributed by atoms with Crippen molar-refractivity contribution in [2.75, 3.05) is 29.5 Å². The first-order chi connectivity index (χ1) is 14.7. The van der Waals surface area contributed by atoms with E-state index < -0.39 is 0 Å². The van der Waals surface area contributed by atoms with Crippen molar-refractivity contribution in [2.45, 2.75) is 72.8 Å². The fourth-order valence-electron chi connectivity index (χ4n) is 4.55. The van der Waals surface area contributed by atoms with Gasteiger partial charge in [0.2, 0.25) is 0 Å². The lowest BCUT2D eigenvalue weighted by Gasteiger charge is -2.43. The molecule has 0 saturated heterocycles. The number of esters is 1. The van der Waals surface area contributed by atoms with Gasteiger partial charge in [-0.2, -0.15) is 0 Å². The molecule has 0 saturated carbocycles. The van der Waals surface area contributed by atoms with E-state index in [2.05, 4.69) is 63.5 Å². The zero-order valence-corrected chi connectivity index (χ0v) is 20.3. The Labute approximate surface area is 188 Å². The van der Waals surface area contributed by atoms with Gasteiger partial charge in [0.05, 0.1) is 12.2 Å². The molecular weight excluding hydrogens is 384 g/mol. The normalized spacial score (nSPS) is 15.0. The highest BCUT2D eigenvalue weighted by Crippen LogP contribution is 2.44. The minimum absolute atomic E-state index is 0.181. The van der Waals surface area contributed by atoms with E-state index >= 15 is 0 Å². The molecule has 4 nitrogen and oxygen atoms in total. The van der Waals surface area contributed by atoms with Crippen LogP contribution in [0.4, 0.5) is 17.1 Å². The smallest absolute Gasteiger partial charge is 0.338 e. The van der Waals surface area contributed by atoms with Crippen LogP contribution in [0.15, 0.2) is 36.4 Å². The van der Waals surface area contributed by atoms with Crippen LogP contribution in [0.25, 0.3) is 0 Å². The van der Waals surface area contributed by atoms with E-state index in [4.69, 9.17) is 4.74 Å². The summed E-state index contributed by atoms with van der Waals surface area (Å²) in [5.74, 6) is -0.268. The van der Waals surface area contributed by atoms with E-state index in [1.165, 1.54) is 28.9 Å². The average molecular weight is 423 g/mol. The molecule has 0 radical (unpaired) electrons. The lowest BCUT2D eigenvalue weighted by Crippen LogP contribution is -2.41. The molecule has 1 aliphatic heterocycles. The van der Waals surface area contributed by atoms with E-state index in [9.17, 15) is 4.79 Å². The molecule has 0 N–H and O–H groups in total. The molecule has 0 amide bonds. The molecule has 0 spiro atoms. The predicted molar refractivity (Wildman–Crippen MR) is 131 cm³/mol. The number of carbonyl (C=O) groups is 1. The lowest BCUT2D eigenvalue weighted by molar-refractivity contribution is 0.0526. The zero-order valence-electron chi connectivity index (χ0n) is 20.3. The van der Waals surface area contributed by atoms with Gasteiger partial charge in [0.25, 0.3) is 0 Å². The topological polar surface area (TPSA) is 32.8 Å². The van der Waals surface area contributed by atoms with E-state index in [0.717, 1.165) is 25.2 Å². The third kappa shape index (κ3) is 4.73. The van der Waals surface area contributed by atoms with Gasteiger partial charge in [-0.15, -0.1) is 0 Å². The second-order valence-electron chi connectivity index (χ2n) is 9.50. The van der Waals surface area contributed by atoms with Crippen molar-refractivity contribution in [1.29, 1.82) is 0 Å². The van der Waals surface area contributed by atoms with Crippen LogP contribution in [0, 0.1) is 6.92 Å². The Balaban J connectivity index is 2.06. The minimum atomic E-state index is -0.268. The number of rotatable bonds is 7. The number of nitrogens with zero attached hydrogens (tertiary/aromatic N) is 2. The fourth-order valence-corrected chi connectivity index (χ4v) is 4.55. The van der Waals surface area contributed by atoms with Gasteiger partial charge in [0.15, 0.2) is 0 Å². The summed E-state index contributed by atoms with van der Waals surface area (Å²) in [5, 5.41) is 0. The first kappa shape index (κ1) is 23.2. The van der Waals surface area contributed by atoms with E-state index in [1.807, 2.05) is 31.2 Å². The number of carbonyl (C=O) groups excluding carboxylic acids is 1. The van der Waals surface area contributed by atoms with Gasteiger partial charge in [-0.25, -0.2) is 4.79 Å². The molecule has 0 bridgehead atoms. The van der Waals surface area contributed by atoms with Crippen molar-refractivity contribution in [2.24, 2.45) is 0 Å². The standard InChI is InChI=1S/C27H38N2O2/c1-8-15-29(22-12-10-21(11-13-22)26(30)31-9-2)24-18-25-23(17-20(24)5)27(6,7)14-16-28(25)19(3)4/h10-13,17-19H,8-9,14-16H2,1-7H3. The summed E-state index contributed by atoms with van der Waals surface area (Å²) >= 11 is 0. The van der Waals surface area contributed by atoms with Gasteiger partial charge in [-0.3, -0.25) is 0 Å². The van der Waals surface area contributed by atoms with Crippen molar-refractivity contribution in [3.63, 3.8) is 0 Å². The number of hydrogen-bond donors (Lipinski definition) is 0. The van der Waals surface area contributed by atoms with Crippen molar-refractivity contribution in [3.05, 3.63) is 53.1 Å². The Morgan fingerprint density at radius 3 is 2.42 bits per heavy atom. The highest BCUT2D eigenvalue weighted by molar-refractivity contribution is 5.90. The summed E-state index contributed by atoms with van der Waals surface area (Å²) in [6, 6.07) is 13.1. The minimum Gasteiger partial charge on any atom is -0.462 e. The van der Waals surface area contributed by atoms with Crippen LogP contribution in [0.5, 0.6) is 0 Å². The van der Waals surface area contributed by atoms with E-state index in [0.29, 0.717) is 18.2 Å². The Morgan fingerprint density at radius 2 is 1.84 bits per heavy atom. The summed E-state index contributed by atoms with van der Waals surface area (Å²) in [7, 11) is 0. The van der Waals surface area contributed by atoms with Gasteiger partial charge in [0, 0.05) is 36.2 Å². The van der Waals surface area contributed by atoms with Crippen LogP contribution in [0.2, 0.25) is 0 Å². The van der Waals surface area contributed by atoms with Crippen LogP contribution in [-0.2, 0) is 10.2 Å². The van der Waals surface area contributed by atoms with Crippen molar-refractivity contribution in [3.8, 4) is 0 Å². The average Bonchev–Trinajstić information content (AvgIpc) is 2.72. The second kappa shape index (κ2) is 9.33. The molecule has 168 valence electrons. The van der Waals surface area contributed by atoms with Gasteiger partial charge in [0.1, 0.15) is 0 Å². The van der Waals surface area contributed by atoms with Crippen molar-refractivity contribution < 1.29 is 9.53 Å². The number of benzene rings is 2. The van der Waals surface area contributed by atoms with Gasteiger partial charge >= 0.3 is 5.97 Å². The molecule has 0 fully saturated rings. The van der Waals surface area contributed by atoms with Crippen molar-refractivity contribution >= 4 is 23.0 Å². The summed E-state index contributed by atoms with van der Waals surface area (Å²) in [6.45, 7) is 17.9. The highest BCUT2D eigenvalue weighted by atomic mass is 16.5. The first-order valence-corrected chi connectivity index (χ1v) is 11.7. The molecular formula is C27H38N2O2. The summed E-state index contributed by atoms with van der Waals surface area (Å²) < 4.78 is 5.14. The Bertz CT molecular complexity index is 916. The third-order valence-electron chi connectivity index (χ3n) is 6.38. The molecule has 0 unspecified atom stereocenters. The van der Waals surface area contributed by atoms with E-state index in [-0.39, 0.29) is 11.4 Å². The van der Waals surface area contributed by atoms with E-state index in [1.54, 1.807) is 0 Å². The van der Waals surface area contributed by atoms with Crippen LogP contribution in [-0.4, -0.2) is 31.7 Å². The molecule has 4 heteroatoms. The highest BCUT2D eigenvalue weighted by Gasteiger charge is 2.33. The molecule has 1 aliphatic rings. The predicted octanol–water partition coefficient (Wildman–Crippen LogP) is 6.62. The Kier molecular flexibility index (Phi) is 6.98. The molecule has 31 heavy (non-hydrogen) atoms. The number of ether oxygens (including phenoxy) is 1. The molecule has 2 aromatic rings. The molecule has 1 heterocycles. The molecule has 0 aromatic heterocycles. The maximum atomic E-state index is 12.1. The quantitative estimate of drug-likeness (QED) is 0.470. The maximum Gasteiger partial charge on any atom is 0.338 e. The number of anilines is 3. The van der Waals surface area contributed by atoms with Gasteiger partial charge in [-0.1, -0.05) is 26.8 Å². The second-order valence-corrected chi connectivity index (χ2v) is 9.50. The van der Waals surface area contributed by atoms with Crippen LogP contribution in [0.1, 0.15) is 75.9 Å². The summed E-state index contributed by atoms with van der Waals surface area (Å²) in [5.41, 5.74) is 7.22. The monoisotopic (exact) mass is 422 g/mol. The molecule has 3 rings (SSSR count). The zero-order chi connectivity index (χ0) is 22.8. The maximum absolute atomic E-state index is 12.1. The number of hydrogen-bond acceptors (Lipinski definition) is 4. The molecule has 0 atom stereocenters. The first-order valence-electron chi connectivity index (χ1n) is 11.7. The van der Waals surface area contributed by atoms with Crippen LogP contribution in [0.3, 0.4) is 0 Å². The van der Waals surface area contributed by atoms with Crippen molar-refractivity contribution in [1.82, 2.24) is 0 Å². The van der Waals surface area contributed by atoms with Crippen LogP contribution >= 0.6 is 0 Å². The Morgan fingerprint density at radius 1 is 1.16 bits per heavy atom. The largest absolute Gasteiger partial charge is 0.462 e. The fraction of sp³-hybridized carbons (Fsp3) is 0.519. The lowest BCUT2D eigenvalue weighted by atomic mass is 9.76. The van der Waals surface area contributed by atoms with Gasteiger partial charge < -0.3 is 14.5 Å². The molecule has 0 aliphatic carbocycles.